The first kappa shape index (κ1) is 21.8. The van der Waals surface area contributed by atoms with Crippen molar-refractivity contribution < 1.29 is 13.9 Å². The number of benzene rings is 1. The van der Waals surface area contributed by atoms with E-state index in [-0.39, 0.29) is 0 Å². The van der Waals surface area contributed by atoms with Crippen LogP contribution in [0.4, 0.5) is 0 Å². The molecule has 0 aliphatic rings. The van der Waals surface area contributed by atoms with Crippen molar-refractivity contribution in [3.8, 4) is 11.5 Å². The van der Waals surface area contributed by atoms with E-state index in [1.54, 1.807) is 14.2 Å². The number of rotatable bonds is 10. The molecular formula is C21H36O3Si. The monoisotopic (exact) mass is 364 g/mol. The lowest BCUT2D eigenvalue weighted by atomic mass is 10.2. The van der Waals surface area contributed by atoms with Crippen molar-refractivity contribution in [1.82, 2.24) is 0 Å². The molecular weight excluding hydrogens is 328 g/mol. The van der Waals surface area contributed by atoms with Gasteiger partial charge in [-0.1, -0.05) is 59.8 Å². The Morgan fingerprint density at radius 2 is 1.44 bits per heavy atom. The van der Waals surface area contributed by atoms with Gasteiger partial charge in [0.25, 0.3) is 0 Å². The van der Waals surface area contributed by atoms with Gasteiger partial charge in [0.2, 0.25) is 0 Å². The second kappa shape index (κ2) is 10.0. The fourth-order valence-corrected chi connectivity index (χ4v) is 9.45. The van der Waals surface area contributed by atoms with Crippen molar-refractivity contribution in [2.24, 2.45) is 0 Å². The Kier molecular flexibility index (Phi) is 8.73. The molecule has 0 saturated heterocycles. The molecule has 0 fully saturated rings. The molecule has 0 spiro atoms. The Morgan fingerprint density at radius 3 is 1.92 bits per heavy atom. The summed E-state index contributed by atoms with van der Waals surface area (Å²) >= 11 is 0. The van der Waals surface area contributed by atoms with Gasteiger partial charge in [-0.2, -0.15) is 0 Å². The summed E-state index contributed by atoms with van der Waals surface area (Å²) in [5, 5.41) is 0. The van der Waals surface area contributed by atoms with Gasteiger partial charge in [-0.3, -0.25) is 0 Å². The van der Waals surface area contributed by atoms with Crippen LogP contribution in [-0.2, 0) is 4.43 Å². The molecule has 4 heteroatoms. The largest absolute Gasteiger partial charge is 0.493 e. The summed E-state index contributed by atoms with van der Waals surface area (Å²) in [5.74, 6) is 1.51. The van der Waals surface area contributed by atoms with Gasteiger partial charge in [-0.05, 0) is 40.7 Å². The highest BCUT2D eigenvalue weighted by Crippen LogP contribution is 2.42. The fraction of sp³-hybridized carbons (Fsp3) is 0.619. The van der Waals surface area contributed by atoms with Gasteiger partial charge in [0.05, 0.1) is 14.2 Å². The first-order valence-electron chi connectivity index (χ1n) is 9.32. The van der Waals surface area contributed by atoms with E-state index in [0.717, 1.165) is 30.1 Å². The minimum atomic E-state index is -1.75. The molecule has 0 saturated carbocycles. The zero-order valence-corrected chi connectivity index (χ0v) is 18.3. The summed E-state index contributed by atoms with van der Waals surface area (Å²) in [6.07, 6.45) is 5.23. The molecule has 142 valence electrons. The van der Waals surface area contributed by atoms with Crippen molar-refractivity contribution in [2.45, 2.75) is 64.6 Å². The Bertz CT molecular complexity index is 528. The van der Waals surface area contributed by atoms with E-state index in [9.17, 15) is 0 Å². The van der Waals surface area contributed by atoms with E-state index < -0.39 is 8.32 Å². The molecule has 3 nitrogen and oxygen atoms in total. The van der Waals surface area contributed by atoms with Crippen LogP contribution in [0.25, 0.3) is 6.08 Å². The molecule has 0 heterocycles. The van der Waals surface area contributed by atoms with Crippen LogP contribution in [-0.4, -0.2) is 29.1 Å². The second-order valence-corrected chi connectivity index (χ2v) is 12.9. The molecule has 1 rings (SSSR count). The molecule has 0 atom stereocenters. The van der Waals surface area contributed by atoms with Gasteiger partial charge in [0.15, 0.2) is 19.8 Å². The maximum atomic E-state index is 6.58. The van der Waals surface area contributed by atoms with Crippen molar-refractivity contribution >= 4 is 14.4 Å². The number of hydrogen-bond acceptors (Lipinski definition) is 3. The third-order valence-electron chi connectivity index (χ3n) is 5.06. The smallest absolute Gasteiger partial charge is 0.200 e. The van der Waals surface area contributed by atoms with Crippen LogP contribution in [0.1, 0.15) is 53.5 Å². The molecule has 0 amide bonds. The first-order valence-corrected chi connectivity index (χ1v) is 11.5. The van der Waals surface area contributed by atoms with Crippen LogP contribution in [0.3, 0.4) is 0 Å². The van der Waals surface area contributed by atoms with Gasteiger partial charge < -0.3 is 13.9 Å². The lowest BCUT2D eigenvalue weighted by Gasteiger charge is -2.42. The summed E-state index contributed by atoms with van der Waals surface area (Å²) in [7, 11) is 1.56. The fourth-order valence-electron chi connectivity index (χ4n) is 3.98. The Balaban J connectivity index is 2.69. The molecule has 0 N–H and O–H groups in total. The molecule has 0 aliphatic heterocycles. The summed E-state index contributed by atoms with van der Waals surface area (Å²) in [6, 6.07) is 5.96. The summed E-state index contributed by atoms with van der Waals surface area (Å²) < 4.78 is 17.2. The number of hydrogen-bond donors (Lipinski definition) is 0. The third kappa shape index (κ3) is 5.35. The van der Waals surface area contributed by atoms with E-state index in [0.29, 0.717) is 16.6 Å². The number of methoxy groups -OCH3 is 2. The summed E-state index contributed by atoms with van der Waals surface area (Å²) in [5.41, 5.74) is 2.99. The zero-order chi connectivity index (χ0) is 19.0. The first-order chi connectivity index (χ1) is 11.8. The number of ether oxygens (including phenoxy) is 2. The quantitative estimate of drug-likeness (QED) is 0.360. The molecule has 1 aromatic carbocycles. The van der Waals surface area contributed by atoms with Crippen LogP contribution in [0.15, 0.2) is 24.3 Å². The molecule has 1 aromatic rings. The van der Waals surface area contributed by atoms with Crippen molar-refractivity contribution in [3.05, 3.63) is 29.8 Å². The minimum Gasteiger partial charge on any atom is -0.493 e. The van der Waals surface area contributed by atoms with Crippen molar-refractivity contribution in [2.75, 3.05) is 20.8 Å². The standard InChI is InChI=1S/C21H36O3Si/c1-16(2)25(17(3)4,18(5)6)24-14-10-9-11-19-12-13-20(22-7)21(15-19)23-8/h9,11-13,15-18H,10,14H2,1-8H3/b11-9+. The predicted octanol–water partition coefficient (Wildman–Crippen LogP) is 6.30. The van der Waals surface area contributed by atoms with Gasteiger partial charge in [-0.15, -0.1) is 0 Å². The van der Waals surface area contributed by atoms with E-state index in [4.69, 9.17) is 13.9 Å². The average molecular weight is 365 g/mol. The van der Waals surface area contributed by atoms with Gasteiger partial charge >= 0.3 is 0 Å². The molecule has 0 aromatic heterocycles. The van der Waals surface area contributed by atoms with Crippen LogP contribution >= 0.6 is 0 Å². The zero-order valence-electron chi connectivity index (χ0n) is 17.3. The van der Waals surface area contributed by atoms with Gasteiger partial charge in [-0.25, -0.2) is 0 Å². The summed E-state index contributed by atoms with van der Waals surface area (Å²) in [6.45, 7) is 14.7. The highest BCUT2D eigenvalue weighted by molar-refractivity contribution is 6.77. The van der Waals surface area contributed by atoms with E-state index >= 15 is 0 Å². The van der Waals surface area contributed by atoms with E-state index in [1.807, 2.05) is 18.2 Å². The Labute approximate surface area is 155 Å². The van der Waals surface area contributed by atoms with Crippen LogP contribution in [0.2, 0.25) is 16.6 Å². The predicted molar refractivity (Wildman–Crippen MR) is 110 cm³/mol. The maximum absolute atomic E-state index is 6.58. The minimum absolute atomic E-state index is 0.627. The van der Waals surface area contributed by atoms with Crippen molar-refractivity contribution in [3.63, 3.8) is 0 Å². The molecule has 0 radical (unpaired) electrons. The molecule has 0 aliphatic carbocycles. The average Bonchev–Trinajstić information content (AvgIpc) is 2.56. The normalized spacial score (nSPS) is 12.6. The molecule has 0 unspecified atom stereocenters. The van der Waals surface area contributed by atoms with E-state index in [1.165, 1.54) is 0 Å². The molecule has 0 bridgehead atoms. The molecule has 25 heavy (non-hydrogen) atoms. The second-order valence-electron chi connectivity index (χ2n) is 7.47. The topological polar surface area (TPSA) is 27.7 Å². The lowest BCUT2D eigenvalue weighted by molar-refractivity contribution is 0.284. The maximum Gasteiger partial charge on any atom is 0.200 e. The lowest BCUT2D eigenvalue weighted by Crippen LogP contribution is -2.47. The SMILES string of the molecule is COc1ccc(/C=C/CCO[Si](C(C)C)(C(C)C)C(C)C)cc1OC. The van der Waals surface area contributed by atoms with Gasteiger partial charge in [0, 0.05) is 6.61 Å². The summed E-state index contributed by atoms with van der Waals surface area (Å²) in [4.78, 5) is 0. The highest BCUT2D eigenvalue weighted by atomic mass is 28.4. The Hall–Kier alpha value is -1.26. The highest BCUT2D eigenvalue weighted by Gasteiger charge is 2.44. The Morgan fingerprint density at radius 1 is 0.880 bits per heavy atom. The van der Waals surface area contributed by atoms with Crippen LogP contribution in [0, 0.1) is 0 Å². The van der Waals surface area contributed by atoms with E-state index in [2.05, 4.69) is 53.7 Å². The van der Waals surface area contributed by atoms with Crippen LogP contribution < -0.4 is 9.47 Å². The third-order valence-corrected chi connectivity index (χ3v) is 11.2. The van der Waals surface area contributed by atoms with Crippen LogP contribution in [0.5, 0.6) is 11.5 Å². The van der Waals surface area contributed by atoms with Crippen molar-refractivity contribution in [1.29, 1.82) is 0 Å². The van der Waals surface area contributed by atoms with Gasteiger partial charge in [0.1, 0.15) is 0 Å².